The quantitative estimate of drug-likeness (QED) is 0.740. The molecule has 108 valence electrons. The Morgan fingerprint density at radius 2 is 1.57 bits per heavy atom. The molecule has 0 bridgehead atoms. The molecule has 0 saturated heterocycles. The van der Waals surface area contributed by atoms with Crippen LogP contribution in [-0.4, -0.2) is 0 Å². The van der Waals surface area contributed by atoms with Crippen molar-refractivity contribution in [2.45, 2.75) is 46.0 Å². The normalized spacial score (nSPS) is 12.2. The summed E-state index contributed by atoms with van der Waals surface area (Å²) in [6.45, 7) is 8.64. The Hall–Kier alpha value is -2.07. The first-order valence-corrected chi connectivity index (χ1v) is 7.60. The van der Waals surface area contributed by atoms with Crippen LogP contribution in [0.3, 0.4) is 0 Å². The highest BCUT2D eigenvalue weighted by atomic mass is 14.3. The first-order chi connectivity index (χ1) is 10.0. The fourth-order valence-corrected chi connectivity index (χ4v) is 2.58. The van der Waals surface area contributed by atoms with Crippen molar-refractivity contribution < 1.29 is 0 Å². The summed E-state index contributed by atoms with van der Waals surface area (Å²) in [7, 11) is 0. The van der Waals surface area contributed by atoms with Crippen LogP contribution in [0.1, 0.15) is 60.4 Å². The molecular formula is C20H23N. The molecule has 2 rings (SSSR count). The molecule has 0 radical (unpaired) electrons. The molecule has 21 heavy (non-hydrogen) atoms. The van der Waals surface area contributed by atoms with E-state index >= 15 is 0 Å². The predicted molar refractivity (Wildman–Crippen MR) is 88.5 cm³/mol. The third-order valence-electron chi connectivity index (χ3n) is 4.09. The number of benzene rings is 2. The lowest BCUT2D eigenvalue weighted by Crippen LogP contribution is -2.02. The zero-order chi connectivity index (χ0) is 15.4. The highest BCUT2D eigenvalue weighted by molar-refractivity contribution is 5.42. The van der Waals surface area contributed by atoms with Gasteiger partial charge in [0.2, 0.25) is 0 Å². The van der Waals surface area contributed by atoms with E-state index in [0.717, 1.165) is 17.5 Å². The van der Waals surface area contributed by atoms with Gasteiger partial charge in [-0.25, -0.2) is 0 Å². The summed E-state index contributed by atoms with van der Waals surface area (Å²) in [4.78, 5) is 0. The van der Waals surface area contributed by atoms with Crippen molar-refractivity contribution in [3.05, 3.63) is 70.3 Å². The number of hydrogen-bond donors (Lipinski definition) is 0. The Balaban J connectivity index is 2.23. The van der Waals surface area contributed by atoms with Crippen molar-refractivity contribution in [1.29, 1.82) is 5.26 Å². The maximum absolute atomic E-state index is 9.39. The van der Waals surface area contributed by atoms with E-state index in [1.807, 2.05) is 6.07 Å². The standard InChI is InChI=1S/C20H23N/c1-14(2)18-9-10-19(20(12-18)13-21)11-16(4)17-7-5-15(3)6-8-17/h5-10,12,14,16H,11H2,1-4H3. The van der Waals surface area contributed by atoms with Gasteiger partial charge in [-0.15, -0.1) is 0 Å². The van der Waals surface area contributed by atoms with E-state index < -0.39 is 0 Å². The second kappa shape index (κ2) is 6.59. The van der Waals surface area contributed by atoms with Crippen molar-refractivity contribution in [3.8, 4) is 6.07 Å². The van der Waals surface area contributed by atoms with Crippen LogP contribution in [0.15, 0.2) is 42.5 Å². The van der Waals surface area contributed by atoms with Gasteiger partial charge in [0.1, 0.15) is 0 Å². The van der Waals surface area contributed by atoms with Crippen molar-refractivity contribution in [2.75, 3.05) is 0 Å². The Kier molecular flexibility index (Phi) is 4.81. The summed E-state index contributed by atoms with van der Waals surface area (Å²) in [5.41, 5.74) is 5.82. The van der Waals surface area contributed by atoms with Crippen LogP contribution in [-0.2, 0) is 6.42 Å². The number of aryl methyl sites for hydroxylation is 1. The van der Waals surface area contributed by atoms with Crippen LogP contribution in [0.5, 0.6) is 0 Å². The van der Waals surface area contributed by atoms with Gasteiger partial charge >= 0.3 is 0 Å². The Morgan fingerprint density at radius 3 is 2.14 bits per heavy atom. The number of rotatable bonds is 4. The van der Waals surface area contributed by atoms with Gasteiger partial charge in [0, 0.05) is 0 Å². The molecule has 0 heterocycles. The molecular weight excluding hydrogens is 254 g/mol. The summed E-state index contributed by atoms with van der Waals surface area (Å²) in [5.74, 6) is 0.878. The topological polar surface area (TPSA) is 23.8 Å². The summed E-state index contributed by atoms with van der Waals surface area (Å²) in [6, 6.07) is 17.4. The molecule has 0 aromatic heterocycles. The van der Waals surface area contributed by atoms with E-state index in [-0.39, 0.29) is 0 Å². The first-order valence-electron chi connectivity index (χ1n) is 7.60. The third kappa shape index (κ3) is 3.73. The third-order valence-corrected chi connectivity index (χ3v) is 4.09. The molecule has 0 aliphatic carbocycles. The lowest BCUT2D eigenvalue weighted by atomic mass is 9.89. The molecule has 2 aromatic carbocycles. The predicted octanol–water partition coefficient (Wildman–Crippen LogP) is 5.34. The molecule has 0 spiro atoms. The van der Waals surface area contributed by atoms with E-state index in [0.29, 0.717) is 11.8 Å². The summed E-state index contributed by atoms with van der Waals surface area (Å²) < 4.78 is 0. The monoisotopic (exact) mass is 277 g/mol. The smallest absolute Gasteiger partial charge is 0.0994 e. The maximum Gasteiger partial charge on any atom is 0.0994 e. The average Bonchev–Trinajstić information content (AvgIpc) is 2.48. The van der Waals surface area contributed by atoms with Gasteiger partial charge in [-0.3, -0.25) is 0 Å². The molecule has 1 atom stereocenters. The molecule has 1 heteroatoms. The molecule has 1 nitrogen and oxygen atoms in total. The van der Waals surface area contributed by atoms with E-state index in [9.17, 15) is 5.26 Å². The highest BCUT2D eigenvalue weighted by Gasteiger charge is 2.11. The molecule has 1 unspecified atom stereocenters. The molecule has 0 aliphatic rings. The van der Waals surface area contributed by atoms with Crippen LogP contribution in [0.2, 0.25) is 0 Å². The van der Waals surface area contributed by atoms with Gasteiger partial charge in [0.15, 0.2) is 0 Å². The minimum atomic E-state index is 0.419. The second-order valence-electron chi connectivity index (χ2n) is 6.20. The SMILES string of the molecule is Cc1ccc(C(C)Cc2ccc(C(C)C)cc2C#N)cc1. The maximum atomic E-state index is 9.39. The van der Waals surface area contributed by atoms with Gasteiger partial charge in [-0.05, 0) is 47.9 Å². The Bertz CT molecular complexity index is 645. The lowest BCUT2D eigenvalue weighted by molar-refractivity contribution is 0.755. The van der Waals surface area contributed by atoms with Crippen molar-refractivity contribution in [1.82, 2.24) is 0 Å². The molecule has 0 N–H and O–H groups in total. The number of nitrogens with zero attached hydrogens (tertiary/aromatic N) is 1. The number of hydrogen-bond acceptors (Lipinski definition) is 1. The largest absolute Gasteiger partial charge is 0.192 e. The van der Waals surface area contributed by atoms with Gasteiger partial charge in [-0.1, -0.05) is 62.7 Å². The molecule has 0 fully saturated rings. The Labute approximate surface area is 128 Å². The van der Waals surface area contributed by atoms with Gasteiger partial charge in [0.05, 0.1) is 11.6 Å². The fraction of sp³-hybridized carbons (Fsp3) is 0.350. The second-order valence-corrected chi connectivity index (χ2v) is 6.20. The average molecular weight is 277 g/mol. The molecule has 0 saturated carbocycles. The van der Waals surface area contributed by atoms with E-state index in [1.54, 1.807) is 0 Å². The zero-order valence-electron chi connectivity index (χ0n) is 13.4. The van der Waals surface area contributed by atoms with Crippen LogP contribution < -0.4 is 0 Å². The van der Waals surface area contributed by atoms with Crippen LogP contribution in [0, 0.1) is 18.3 Å². The van der Waals surface area contributed by atoms with E-state index in [2.05, 4.69) is 70.2 Å². The molecule has 2 aromatic rings. The summed E-state index contributed by atoms with van der Waals surface area (Å²) >= 11 is 0. The van der Waals surface area contributed by atoms with Gasteiger partial charge < -0.3 is 0 Å². The van der Waals surface area contributed by atoms with Crippen LogP contribution >= 0.6 is 0 Å². The first kappa shape index (κ1) is 15.3. The lowest BCUT2D eigenvalue weighted by Gasteiger charge is -2.15. The van der Waals surface area contributed by atoms with E-state index in [4.69, 9.17) is 0 Å². The van der Waals surface area contributed by atoms with Crippen molar-refractivity contribution in [3.63, 3.8) is 0 Å². The summed E-state index contributed by atoms with van der Waals surface area (Å²) in [5, 5.41) is 9.39. The van der Waals surface area contributed by atoms with Crippen molar-refractivity contribution in [2.24, 2.45) is 0 Å². The van der Waals surface area contributed by atoms with Crippen LogP contribution in [0.4, 0.5) is 0 Å². The van der Waals surface area contributed by atoms with Gasteiger partial charge in [0.25, 0.3) is 0 Å². The van der Waals surface area contributed by atoms with E-state index in [1.165, 1.54) is 16.7 Å². The number of nitriles is 1. The minimum absolute atomic E-state index is 0.419. The minimum Gasteiger partial charge on any atom is -0.192 e. The van der Waals surface area contributed by atoms with Crippen LogP contribution in [0.25, 0.3) is 0 Å². The molecule has 0 amide bonds. The highest BCUT2D eigenvalue weighted by Crippen LogP contribution is 2.25. The fourth-order valence-electron chi connectivity index (χ4n) is 2.58. The summed E-state index contributed by atoms with van der Waals surface area (Å²) in [6.07, 6.45) is 0.907. The Morgan fingerprint density at radius 1 is 0.952 bits per heavy atom. The van der Waals surface area contributed by atoms with Gasteiger partial charge in [-0.2, -0.15) is 5.26 Å². The zero-order valence-corrected chi connectivity index (χ0v) is 13.4. The van der Waals surface area contributed by atoms with Crippen molar-refractivity contribution >= 4 is 0 Å². The molecule has 0 aliphatic heterocycles.